The fourth-order valence-corrected chi connectivity index (χ4v) is 3.81. The van der Waals surface area contributed by atoms with Crippen LogP contribution in [-0.2, 0) is 11.3 Å². The van der Waals surface area contributed by atoms with Crippen molar-refractivity contribution in [3.05, 3.63) is 71.3 Å². The Morgan fingerprint density at radius 1 is 1.10 bits per heavy atom. The number of hydrogen-bond donors (Lipinski definition) is 1. The Bertz CT molecular complexity index is 1040. The Balaban J connectivity index is 1.23. The number of nitrogens with zero attached hydrogens (tertiary/aromatic N) is 2. The molecule has 2 heterocycles. The van der Waals surface area contributed by atoms with Crippen molar-refractivity contribution in [2.24, 2.45) is 0 Å². The minimum absolute atomic E-state index is 0.00727. The number of benzene rings is 1. The van der Waals surface area contributed by atoms with E-state index < -0.39 is 0 Å². The van der Waals surface area contributed by atoms with Gasteiger partial charge in [0.15, 0.2) is 0 Å². The Labute approximate surface area is 169 Å². The third kappa shape index (κ3) is 5.02. The topological polar surface area (TPSA) is 73.2 Å². The first-order valence-corrected chi connectivity index (χ1v) is 10.1. The van der Waals surface area contributed by atoms with Gasteiger partial charge in [0.25, 0.3) is 5.56 Å². The molecular weight excluding hydrogens is 366 g/mol. The number of aryl methyl sites for hydroxylation is 1. The van der Waals surface area contributed by atoms with E-state index in [2.05, 4.69) is 10.3 Å². The molecule has 1 saturated carbocycles. The van der Waals surface area contributed by atoms with Gasteiger partial charge in [-0.15, -0.1) is 0 Å². The number of nitrogens with one attached hydrogen (secondary N) is 1. The van der Waals surface area contributed by atoms with Crippen LogP contribution in [0.15, 0.2) is 65.7 Å². The van der Waals surface area contributed by atoms with Crippen LogP contribution in [-0.4, -0.2) is 27.6 Å². The summed E-state index contributed by atoms with van der Waals surface area (Å²) in [5.74, 6) is 0.860. The number of pyridine rings is 2. The van der Waals surface area contributed by atoms with Gasteiger partial charge in [-0.05, 0) is 56.0 Å². The summed E-state index contributed by atoms with van der Waals surface area (Å²) in [4.78, 5) is 28.3. The van der Waals surface area contributed by atoms with Crippen LogP contribution >= 0.6 is 0 Å². The molecule has 4 rings (SSSR count). The maximum absolute atomic E-state index is 12.2. The monoisotopic (exact) mass is 391 g/mol. The van der Waals surface area contributed by atoms with Crippen LogP contribution in [0.1, 0.15) is 32.1 Å². The molecular formula is C23H25N3O3. The van der Waals surface area contributed by atoms with Crippen molar-refractivity contribution in [3.63, 3.8) is 0 Å². The number of ether oxygens (including phenoxy) is 1. The van der Waals surface area contributed by atoms with Gasteiger partial charge in [0.2, 0.25) is 5.91 Å². The lowest BCUT2D eigenvalue weighted by Crippen LogP contribution is -2.40. The molecule has 0 saturated heterocycles. The average Bonchev–Trinajstić information content (AvgIpc) is 2.74. The van der Waals surface area contributed by atoms with Gasteiger partial charge >= 0.3 is 0 Å². The lowest BCUT2D eigenvalue weighted by atomic mass is 9.93. The van der Waals surface area contributed by atoms with Gasteiger partial charge < -0.3 is 14.6 Å². The third-order valence-corrected chi connectivity index (χ3v) is 5.40. The van der Waals surface area contributed by atoms with Crippen LogP contribution in [0.25, 0.3) is 10.9 Å². The van der Waals surface area contributed by atoms with Gasteiger partial charge in [0, 0.05) is 42.9 Å². The first-order valence-electron chi connectivity index (χ1n) is 10.1. The molecule has 6 heteroatoms. The van der Waals surface area contributed by atoms with E-state index in [-0.39, 0.29) is 23.6 Å². The molecule has 0 spiro atoms. The van der Waals surface area contributed by atoms with E-state index >= 15 is 0 Å². The fraction of sp³-hybridized carbons (Fsp3) is 0.348. The Morgan fingerprint density at radius 3 is 2.79 bits per heavy atom. The SMILES string of the molecule is O=C(CCn1ccccc1=O)NC1CCC(Oc2ccc3ncccc3c2)CC1. The molecule has 6 nitrogen and oxygen atoms in total. The Hall–Kier alpha value is -3.15. The van der Waals surface area contributed by atoms with Crippen LogP contribution in [0.3, 0.4) is 0 Å². The number of rotatable bonds is 6. The molecule has 1 aliphatic rings. The summed E-state index contributed by atoms with van der Waals surface area (Å²) in [5, 5.41) is 4.17. The molecule has 0 radical (unpaired) electrons. The van der Waals surface area contributed by atoms with Crippen LogP contribution < -0.4 is 15.6 Å². The largest absolute Gasteiger partial charge is 0.490 e. The van der Waals surface area contributed by atoms with Crippen LogP contribution in [0.5, 0.6) is 5.75 Å². The Kier molecular flexibility index (Phi) is 5.89. The van der Waals surface area contributed by atoms with E-state index in [1.165, 1.54) is 6.07 Å². The van der Waals surface area contributed by atoms with Crippen molar-refractivity contribution in [2.45, 2.75) is 50.8 Å². The molecule has 2 aromatic heterocycles. The number of aromatic nitrogens is 2. The van der Waals surface area contributed by atoms with Crippen LogP contribution in [0.2, 0.25) is 0 Å². The molecule has 1 aliphatic carbocycles. The Morgan fingerprint density at radius 2 is 1.97 bits per heavy atom. The second-order valence-corrected chi connectivity index (χ2v) is 7.50. The summed E-state index contributed by atoms with van der Waals surface area (Å²) >= 11 is 0. The summed E-state index contributed by atoms with van der Waals surface area (Å²) in [6.07, 6.45) is 7.60. The number of carbonyl (C=O) groups is 1. The standard InChI is InChI=1S/C23H25N3O3/c27-22(12-15-26-14-2-1-5-23(26)28)25-18-6-8-19(9-7-18)29-20-10-11-21-17(16-20)4-3-13-24-21/h1-5,10-11,13-14,16,18-19H,6-9,12,15H2,(H,25,27). The maximum atomic E-state index is 12.2. The van der Waals surface area contributed by atoms with Crippen molar-refractivity contribution in [2.75, 3.05) is 0 Å². The molecule has 1 fully saturated rings. The van der Waals surface area contributed by atoms with Crippen molar-refractivity contribution in [1.82, 2.24) is 14.9 Å². The zero-order chi connectivity index (χ0) is 20.1. The fourth-order valence-electron chi connectivity index (χ4n) is 3.81. The zero-order valence-electron chi connectivity index (χ0n) is 16.3. The van der Waals surface area contributed by atoms with Crippen molar-refractivity contribution >= 4 is 16.8 Å². The number of hydrogen-bond acceptors (Lipinski definition) is 4. The van der Waals surface area contributed by atoms with E-state index in [1.807, 2.05) is 30.3 Å². The van der Waals surface area contributed by atoms with E-state index in [1.54, 1.807) is 29.1 Å². The summed E-state index contributed by atoms with van der Waals surface area (Å²) in [5.41, 5.74) is 0.881. The number of amides is 1. The smallest absolute Gasteiger partial charge is 0.250 e. The molecule has 0 bridgehead atoms. The van der Waals surface area contributed by atoms with Gasteiger partial charge in [0.1, 0.15) is 5.75 Å². The predicted molar refractivity (Wildman–Crippen MR) is 112 cm³/mol. The highest BCUT2D eigenvalue weighted by Crippen LogP contribution is 2.26. The van der Waals surface area contributed by atoms with E-state index in [4.69, 9.17) is 4.74 Å². The second-order valence-electron chi connectivity index (χ2n) is 7.50. The average molecular weight is 391 g/mol. The lowest BCUT2D eigenvalue weighted by Gasteiger charge is -2.29. The minimum atomic E-state index is -0.0811. The first kappa shape index (κ1) is 19.2. The van der Waals surface area contributed by atoms with E-state index in [0.29, 0.717) is 13.0 Å². The molecule has 150 valence electrons. The van der Waals surface area contributed by atoms with Gasteiger partial charge in [-0.25, -0.2) is 0 Å². The predicted octanol–water partition coefficient (Wildman–Crippen LogP) is 3.29. The van der Waals surface area contributed by atoms with Crippen molar-refractivity contribution in [1.29, 1.82) is 0 Å². The van der Waals surface area contributed by atoms with E-state index in [9.17, 15) is 9.59 Å². The first-order chi connectivity index (χ1) is 14.2. The molecule has 3 aromatic rings. The van der Waals surface area contributed by atoms with Crippen LogP contribution in [0.4, 0.5) is 0 Å². The normalized spacial score (nSPS) is 19.0. The summed E-state index contributed by atoms with van der Waals surface area (Å²) < 4.78 is 7.72. The van der Waals surface area contributed by atoms with Gasteiger partial charge in [-0.1, -0.05) is 12.1 Å². The lowest BCUT2D eigenvalue weighted by molar-refractivity contribution is -0.122. The molecule has 0 aliphatic heterocycles. The maximum Gasteiger partial charge on any atom is 0.250 e. The minimum Gasteiger partial charge on any atom is -0.490 e. The highest BCUT2D eigenvalue weighted by atomic mass is 16.5. The third-order valence-electron chi connectivity index (χ3n) is 5.40. The molecule has 29 heavy (non-hydrogen) atoms. The number of carbonyl (C=O) groups excluding carboxylic acids is 1. The summed E-state index contributed by atoms with van der Waals surface area (Å²) in [6, 6.07) is 15.1. The summed E-state index contributed by atoms with van der Waals surface area (Å²) in [7, 11) is 0. The molecule has 0 atom stereocenters. The second kappa shape index (κ2) is 8.90. The number of fused-ring (bicyclic) bond motifs is 1. The van der Waals surface area contributed by atoms with Gasteiger partial charge in [-0.2, -0.15) is 0 Å². The highest BCUT2D eigenvalue weighted by molar-refractivity contribution is 5.79. The molecule has 1 N–H and O–H groups in total. The zero-order valence-corrected chi connectivity index (χ0v) is 16.3. The van der Waals surface area contributed by atoms with E-state index in [0.717, 1.165) is 42.3 Å². The van der Waals surface area contributed by atoms with Gasteiger partial charge in [-0.3, -0.25) is 14.6 Å². The molecule has 0 unspecified atom stereocenters. The van der Waals surface area contributed by atoms with Gasteiger partial charge in [0.05, 0.1) is 11.6 Å². The molecule has 1 amide bonds. The van der Waals surface area contributed by atoms with Crippen molar-refractivity contribution in [3.8, 4) is 5.75 Å². The van der Waals surface area contributed by atoms with Crippen LogP contribution in [0, 0.1) is 0 Å². The highest BCUT2D eigenvalue weighted by Gasteiger charge is 2.23. The quantitative estimate of drug-likeness (QED) is 0.700. The molecule has 1 aromatic carbocycles. The summed E-state index contributed by atoms with van der Waals surface area (Å²) in [6.45, 7) is 0.404. The van der Waals surface area contributed by atoms with Crippen molar-refractivity contribution < 1.29 is 9.53 Å².